The molecule has 0 spiro atoms. The predicted molar refractivity (Wildman–Crippen MR) is 77.4 cm³/mol. The summed E-state index contributed by atoms with van der Waals surface area (Å²) >= 11 is 5.73. The van der Waals surface area contributed by atoms with Gasteiger partial charge in [0, 0.05) is 19.5 Å². The van der Waals surface area contributed by atoms with E-state index < -0.39 is 21.5 Å². The highest BCUT2D eigenvalue weighted by atomic mass is 35.5. The minimum atomic E-state index is -4.01. The second-order valence-electron chi connectivity index (χ2n) is 5.03. The molecule has 0 aromatic carbocycles. The van der Waals surface area contributed by atoms with Crippen molar-refractivity contribution < 1.29 is 17.9 Å². The van der Waals surface area contributed by atoms with Gasteiger partial charge in [-0.2, -0.15) is 0 Å². The Kier molecular flexibility index (Phi) is 4.85. The van der Waals surface area contributed by atoms with Crippen LogP contribution in [0.1, 0.15) is 32.1 Å². The summed E-state index contributed by atoms with van der Waals surface area (Å²) in [6.45, 7) is 0. The quantitative estimate of drug-likeness (QED) is 0.910. The van der Waals surface area contributed by atoms with Crippen LogP contribution in [-0.2, 0) is 19.6 Å². The minimum absolute atomic E-state index is 0.148. The number of carbonyl (C=O) groups excluding carboxylic acids is 1. The minimum Gasteiger partial charge on any atom is -0.368 e. The van der Waals surface area contributed by atoms with E-state index in [0.29, 0.717) is 12.8 Å². The van der Waals surface area contributed by atoms with Gasteiger partial charge in [-0.05, 0) is 18.9 Å². The van der Waals surface area contributed by atoms with Crippen LogP contribution in [0.25, 0.3) is 0 Å². The molecule has 1 amide bonds. The number of nitrogens with one attached hydrogen (secondary N) is 1. The van der Waals surface area contributed by atoms with Gasteiger partial charge < -0.3 is 4.74 Å². The largest absolute Gasteiger partial charge is 0.368 e. The van der Waals surface area contributed by atoms with Crippen molar-refractivity contribution >= 4 is 27.5 Å². The van der Waals surface area contributed by atoms with Crippen molar-refractivity contribution in [1.29, 1.82) is 0 Å². The van der Waals surface area contributed by atoms with Gasteiger partial charge in [-0.15, -0.1) is 0 Å². The maximum absolute atomic E-state index is 12.4. The van der Waals surface area contributed by atoms with Gasteiger partial charge in [-0.3, -0.25) is 9.78 Å². The molecule has 0 atom stereocenters. The Bertz CT molecular complexity index is 627. The van der Waals surface area contributed by atoms with E-state index in [-0.39, 0.29) is 9.92 Å². The van der Waals surface area contributed by atoms with Crippen LogP contribution in [0.4, 0.5) is 0 Å². The molecule has 0 radical (unpaired) electrons. The highest BCUT2D eigenvalue weighted by molar-refractivity contribution is 7.90. The summed E-state index contributed by atoms with van der Waals surface area (Å²) in [6, 6.07) is 1.24. The highest BCUT2D eigenvalue weighted by Crippen LogP contribution is 2.31. The zero-order chi connectivity index (χ0) is 15.5. The molecule has 1 aliphatic rings. The number of aromatic nitrogens is 1. The Morgan fingerprint density at radius 3 is 2.57 bits per heavy atom. The van der Waals surface area contributed by atoms with Crippen molar-refractivity contribution in [1.82, 2.24) is 9.71 Å². The molecule has 1 fully saturated rings. The van der Waals surface area contributed by atoms with E-state index in [4.69, 9.17) is 16.3 Å². The van der Waals surface area contributed by atoms with Crippen LogP contribution in [-0.4, -0.2) is 32.0 Å². The number of ether oxygens (including phenoxy) is 1. The van der Waals surface area contributed by atoms with Crippen LogP contribution in [0.2, 0.25) is 5.02 Å². The molecule has 1 N–H and O–H groups in total. The first-order valence-electron chi connectivity index (χ1n) is 6.63. The third kappa shape index (κ3) is 3.53. The van der Waals surface area contributed by atoms with E-state index in [9.17, 15) is 13.2 Å². The first kappa shape index (κ1) is 16.2. The molecule has 0 bridgehead atoms. The molecule has 0 aliphatic heterocycles. The summed E-state index contributed by atoms with van der Waals surface area (Å²) in [5.41, 5.74) is -1.07. The summed E-state index contributed by atoms with van der Waals surface area (Å²) in [7, 11) is -2.58. The molecule has 0 saturated heterocycles. The van der Waals surface area contributed by atoms with Gasteiger partial charge in [-0.1, -0.05) is 30.9 Å². The van der Waals surface area contributed by atoms with E-state index in [1.807, 2.05) is 0 Å². The number of hydrogen-bond acceptors (Lipinski definition) is 5. The lowest BCUT2D eigenvalue weighted by Crippen LogP contribution is -2.51. The number of carbonyl (C=O) groups is 1. The van der Waals surface area contributed by atoms with Crippen LogP contribution in [0.15, 0.2) is 23.4 Å². The molecule has 8 heteroatoms. The molecule has 0 unspecified atom stereocenters. The number of methoxy groups -OCH3 is 1. The molecule has 1 aromatic heterocycles. The average molecular weight is 333 g/mol. The fourth-order valence-electron chi connectivity index (χ4n) is 2.46. The van der Waals surface area contributed by atoms with E-state index in [1.54, 1.807) is 0 Å². The predicted octanol–water partition coefficient (Wildman–Crippen LogP) is 1.89. The van der Waals surface area contributed by atoms with Crippen molar-refractivity contribution in [3.05, 3.63) is 23.5 Å². The first-order valence-corrected chi connectivity index (χ1v) is 8.49. The molecular weight excluding hydrogens is 316 g/mol. The zero-order valence-corrected chi connectivity index (χ0v) is 13.2. The summed E-state index contributed by atoms with van der Waals surface area (Å²) < 4.78 is 31.8. The summed E-state index contributed by atoms with van der Waals surface area (Å²) in [5.74, 6) is -0.635. The molecule has 1 aromatic rings. The number of hydrogen-bond donors (Lipinski definition) is 1. The average Bonchev–Trinajstić information content (AvgIpc) is 2.47. The van der Waals surface area contributed by atoms with Gasteiger partial charge >= 0.3 is 0 Å². The monoisotopic (exact) mass is 332 g/mol. The van der Waals surface area contributed by atoms with Crippen LogP contribution in [0.3, 0.4) is 0 Å². The molecule has 1 heterocycles. The Morgan fingerprint density at radius 2 is 2.00 bits per heavy atom. The summed E-state index contributed by atoms with van der Waals surface area (Å²) in [5, 5.41) is 0.185. The molecule has 21 heavy (non-hydrogen) atoms. The number of rotatable bonds is 4. The maximum Gasteiger partial charge on any atom is 0.265 e. The summed E-state index contributed by atoms with van der Waals surface area (Å²) in [6.07, 6.45) is 6.17. The van der Waals surface area contributed by atoms with E-state index in [2.05, 4.69) is 9.71 Å². The fourth-order valence-corrected chi connectivity index (χ4v) is 3.73. The molecule has 6 nitrogen and oxygen atoms in total. The van der Waals surface area contributed by atoms with E-state index in [1.165, 1.54) is 19.4 Å². The van der Waals surface area contributed by atoms with Gasteiger partial charge in [-0.25, -0.2) is 13.1 Å². The first-order chi connectivity index (χ1) is 9.89. The van der Waals surface area contributed by atoms with Gasteiger partial charge in [0.25, 0.3) is 15.9 Å². The molecule has 1 aliphatic carbocycles. The SMILES string of the molecule is COC1(C(=O)NS(=O)(=O)c2cncc(Cl)c2)CCCCC1. The van der Waals surface area contributed by atoms with Gasteiger partial charge in [0.05, 0.1) is 5.02 Å². The lowest BCUT2D eigenvalue weighted by Gasteiger charge is -2.34. The second kappa shape index (κ2) is 6.29. The number of amides is 1. The topological polar surface area (TPSA) is 85.4 Å². The molecule has 116 valence electrons. The van der Waals surface area contributed by atoms with Crippen molar-refractivity contribution in [2.75, 3.05) is 7.11 Å². The van der Waals surface area contributed by atoms with Crippen molar-refractivity contribution in [3.63, 3.8) is 0 Å². The van der Waals surface area contributed by atoms with Crippen molar-refractivity contribution in [2.45, 2.75) is 42.6 Å². The third-order valence-electron chi connectivity index (χ3n) is 3.68. The number of sulfonamides is 1. The van der Waals surface area contributed by atoms with Crippen molar-refractivity contribution in [3.8, 4) is 0 Å². The third-order valence-corrected chi connectivity index (χ3v) is 5.19. The van der Waals surface area contributed by atoms with Crippen molar-refractivity contribution in [2.24, 2.45) is 0 Å². The normalized spacial score (nSPS) is 18.2. The highest BCUT2D eigenvalue weighted by Gasteiger charge is 2.41. The Morgan fingerprint density at radius 1 is 1.33 bits per heavy atom. The number of halogens is 1. The van der Waals surface area contributed by atoms with Gasteiger partial charge in [0.15, 0.2) is 0 Å². The maximum atomic E-state index is 12.4. The number of nitrogens with zero attached hydrogens (tertiary/aromatic N) is 1. The van der Waals surface area contributed by atoms with E-state index >= 15 is 0 Å². The molecule has 1 saturated carbocycles. The smallest absolute Gasteiger partial charge is 0.265 e. The number of pyridine rings is 1. The Labute approximate surface area is 128 Å². The van der Waals surface area contributed by atoms with Gasteiger partial charge in [0.1, 0.15) is 10.5 Å². The van der Waals surface area contributed by atoms with Crippen LogP contribution >= 0.6 is 11.6 Å². The lowest BCUT2D eigenvalue weighted by molar-refractivity contribution is -0.145. The van der Waals surface area contributed by atoms with Crippen LogP contribution in [0, 0.1) is 0 Å². The second-order valence-corrected chi connectivity index (χ2v) is 7.15. The fraction of sp³-hybridized carbons (Fsp3) is 0.538. The molecule has 2 rings (SSSR count). The van der Waals surface area contributed by atoms with Crippen LogP contribution < -0.4 is 4.72 Å². The Balaban J connectivity index is 2.21. The standard InChI is InChI=1S/C13H17ClN2O4S/c1-20-13(5-3-2-4-6-13)12(17)16-21(18,19)11-7-10(14)8-15-9-11/h7-9H,2-6H2,1H3,(H,16,17). The Hall–Kier alpha value is -1.18. The lowest BCUT2D eigenvalue weighted by atomic mass is 9.84. The summed E-state index contributed by atoms with van der Waals surface area (Å²) in [4.78, 5) is 15.9. The zero-order valence-electron chi connectivity index (χ0n) is 11.6. The molecular formula is C13H17ClN2O4S. The van der Waals surface area contributed by atoms with Crippen LogP contribution in [0.5, 0.6) is 0 Å². The van der Waals surface area contributed by atoms with Gasteiger partial charge in [0.2, 0.25) is 0 Å². The van der Waals surface area contributed by atoms with E-state index in [0.717, 1.165) is 25.5 Å².